The first-order chi connectivity index (χ1) is 8.20. The molecule has 0 fully saturated rings. The van der Waals surface area contributed by atoms with Crippen LogP contribution in [0.15, 0.2) is 0 Å². The molecule has 0 radical (unpaired) electrons. The van der Waals surface area contributed by atoms with Crippen molar-refractivity contribution < 1.29 is 19.1 Å². The number of hydrogen-bond donors (Lipinski definition) is 1. The van der Waals surface area contributed by atoms with E-state index in [4.69, 9.17) is 9.47 Å². The van der Waals surface area contributed by atoms with Crippen molar-refractivity contribution in [2.45, 2.75) is 46.0 Å². The molecule has 0 aliphatic rings. The highest BCUT2D eigenvalue weighted by Gasteiger charge is 2.02. The molecule has 0 unspecified atom stereocenters. The maximum absolute atomic E-state index is 11.1. The Morgan fingerprint density at radius 1 is 1.06 bits per heavy atom. The fraction of sp³-hybridized carbons (Fsp3) is 0.833. The summed E-state index contributed by atoms with van der Waals surface area (Å²) >= 11 is 0. The first-order valence-electron chi connectivity index (χ1n) is 6.27. The summed E-state index contributed by atoms with van der Waals surface area (Å²) in [6.45, 7) is 5.21. The lowest BCUT2D eigenvalue weighted by Crippen LogP contribution is -2.25. The molecule has 5 heteroatoms. The van der Waals surface area contributed by atoms with E-state index in [1.807, 2.05) is 6.92 Å². The second-order valence-corrected chi connectivity index (χ2v) is 3.68. The minimum atomic E-state index is -0.380. The van der Waals surface area contributed by atoms with Gasteiger partial charge < -0.3 is 14.8 Å². The molecule has 0 saturated carbocycles. The molecule has 0 aromatic heterocycles. The van der Waals surface area contributed by atoms with E-state index < -0.39 is 0 Å². The Balaban J connectivity index is 3.23. The fourth-order valence-electron chi connectivity index (χ4n) is 1.23. The maximum atomic E-state index is 11.1. The molecule has 0 saturated heterocycles. The van der Waals surface area contributed by atoms with Crippen LogP contribution in [0, 0.1) is 0 Å². The lowest BCUT2D eigenvalue weighted by atomic mass is 10.2. The summed E-state index contributed by atoms with van der Waals surface area (Å²) < 4.78 is 9.65. The Bertz CT molecular complexity index is 219. The van der Waals surface area contributed by atoms with Gasteiger partial charge in [0.2, 0.25) is 0 Å². The number of esters is 1. The van der Waals surface area contributed by atoms with E-state index in [1.54, 1.807) is 6.92 Å². The van der Waals surface area contributed by atoms with Crippen LogP contribution in [0.25, 0.3) is 0 Å². The molecule has 0 aromatic carbocycles. The predicted octanol–water partition coefficient (Wildman–Crippen LogP) is 2.25. The summed E-state index contributed by atoms with van der Waals surface area (Å²) in [6.07, 6.45) is 3.48. The number of nitrogens with one attached hydrogen (secondary N) is 1. The zero-order valence-electron chi connectivity index (χ0n) is 10.8. The summed E-state index contributed by atoms with van der Waals surface area (Å²) in [5, 5.41) is 2.63. The van der Waals surface area contributed by atoms with Gasteiger partial charge in [-0.25, -0.2) is 4.79 Å². The lowest BCUT2D eigenvalue weighted by Gasteiger charge is -2.05. The van der Waals surface area contributed by atoms with Gasteiger partial charge in [-0.2, -0.15) is 0 Å². The standard InChI is InChI=1S/C12H23NO4/c1-3-10-17-11(14)8-6-5-7-9-13-12(15)16-4-2/h3-10H2,1-2H3,(H,13,15). The highest BCUT2D eigenvalue weighted by Crippen LogP contribution is 2.01. The average Bonchev–Trinajstić information content (AvgIpc) is 2.31. The molecular formula is C12H23NO4. The first kappa shape index (κ1) is 15.7. The van der Waals surface area contributed by atoms with Crippen molar-refractivity contribution in [3.63, 3.8) is 0 Å². The van der Waals surface area contributed by atoms with Crippen molar-refractivity contribution in [1.82, 2.24) is 5.32 Å². The van der Waals surface area contributed by atoms with Crippen molar-refractivity contribution in [1.29, 1.82) is 0 Å². The van der Waals surface area contributed by atoms with Crippen LogP contribution in [-0.2, 0) is 14.3 Å². The van der Waals surface area contributed by atoms with Gasteiger partial charge in [-0.05, 0) is 26.2 Å². The molecule has 0 bridgehead atoms. The molecule has 100 valence electrons. The zero-order valence-corrected chi connectivity index (χ0v) is 10.8. The molecular weight excluding hydrogens is 222 g/mol. The molecule has 1 amide bonds. The number of unbranched alkanes of at least 4 members (excludes halogenated alkanes) is 2. The van der Waals surface area contributed by atoms with E-state index in [0.717, 1.165) is 25.7 Å². The molecule has 17 heavy (non-hydrogen) atoms. The van der Waals surface area contributed by atoms with Gasteiger partial charge in [0, 0.05) is 13.0 Å². The molecule has 0 atom stereocenters. The highest BCUT2D eigenvalue weighted by atomic mass is 16.5. The Morgan fingerprint density at radius 2 is 1.82 bits per heavy atom. The number of carbonyl (C=O) groups is 2. The molecule has 0 aromatic rings. The van der Waals surface area contributed by atoms with Crippen LogP contribution in [0.2, 0.25) is 0 Å². The largest absolute Gasteiger partial charge is 0.466 e. The Morgan fingerprint density at radius 3 is 2.47 bits per heavy atom. The van der Waals surface area contributed by atoms with Crippen molar-refractivity contribution >= 4 is 12.1 Å². The van der Waals surface area contributed by atoms with Crippen LogP contribution in [-0.4, -0.2) is 31.8 Å². The fourth-order valence-corrected chi connectivity index (χ4v) is 1.23. The van der Waals surface area contributed by atoms with Crippen LogP contribution >= 0.6 is 0 Å². The zero-order chi connectivity index (χ0) is 12.9. The summed E-state index contributed by atoms with van der Waals surface area (Å²) in [6, 6.07) is 0. The first-order valence-corrected chi connectivity index (χ1v) is 6.27. The van der Waals surface area contributed by atoms with Gasteiger partial charge in [0.25, 0.3) is 0 Å². The predicted molar refractivity (Wildman–Crippen MR) is 64.7 cm³/mol. The van der Waals surface area contributed by atoms with Gasteiger partial charge in [-0.3, -0.25) is 4.79 Å². The Kier molecular flexibility index (Phi) is 10.4. The monoisotopic (exact) mass is 245 g/mol. The molecule has 0 spiro atoms. The molecule has 1 N–H and O–H groups in total. The molecule has 0 aliphatic heterocycles. The third kappa shape index (κ3) is 11.0. The van der Waals surface area contributed by atoms with Gasteiger partial charge >= 0.3 is 12.1 Å². The molecule has 5 nitrogen and oxygen atoms in total. The van der Waals surface area contributed by atoms with Crippen LogP contribution in [0.1, 0.15) is 46.0 Å². The summed E-state index contributed by atoms with van der Waals surface area (Å²) in [5.74, 6) is -0.134. The number of hydrogen-bond acceptors (Lipinski definition) is 4. The van der Waals surface area contributed by atoms with E-state index >= 15 is 0 Å². The van der Waals surface area contributed by atoms with Crippen LogP contribution in [0.3, 0.4) is 0 Å². The van der Waals surface area contributed by atoms with Gasteiger partial charge in [0.15, 0.2) is 0 Å². The van der Waals surface area contributed by atoms with Crippen LogP contribution in [0.5, 0.6) is 0 Å². The van der Waals surface area contributed by atoms with Crippen molar-refractivity contribution in [2.24, 2.45) is 0 Å². The number of amides is 1. The van der Waals surface area contributed by atoms with Crippen LogP contribution < -0.4 is 5.32 Å². The molecule has 0 aliphatic carbocycles. The third-order valence-corrected chi connectivity index (χ3v) is 2.07. The van der Waals surface area contributed by atoms with Crippen molar-refractivity contribution in [3.05, 3.63) is 0 Å². The quantitative estimate of drug-likeness (QED) is 0.500. The van der Waals surface area contributed by atoms with Gasteiger partial charge in [0.05, 0.1) is 13.2 Å². The van der Waals surface area contributed by atoms with Gasteiger partial charge in [-0.1, -0.05) is 13.3 Å². The van der Waals surface area contributed by atoms with Gasteiger partial charge in [-0.15, -0.1) is 0 Å². The molecule has 0 heterocycles. The lowest BCUT2D eigenvalue weighted by molar-refractivity contribution is -0.143. The van der Waals surface area contributed by atoms with E-state index in [2.05, 4.69) is 5.32 Å². The minimum absolute atomic E-state index is 0.134. The summed E-state index contributed by atoms with van der Waals surface area (Å²) in [5.41, 5.74) is 0. The second kappa shape index (κ2) is 11.2. The van der Waals surface area contributed by atoms with E-state index in [1.165, 1.54) is 0 Å². The second-order valence-electron chi connectivity index (χ2n) is 3.68. The van der Waals surface area contributed by atoms with Crippen molar-refractivity contribution in [2.75, 3.05) is 19.8 Å². The minimum Gasteiger partial charge on any atom is -0.466 e. The van der Waals surface area contributed by atoms with E-state index in [-0.39, 0.29) is 12.1 Å². The SMILES string of the molecule is CCCOC(=O)CCCCCNC(=O)OCC. The third-order valence-electron chi connectivity index (χ3n) is 2.07. The summed E-state index contributed by atoms with van der Waals surface area (Å²) in [4.78, 5) is 22.0. The molecule has 0 rings (SSSR count). The average molecular weight is 245 g/mol. The topological polar surface area (TPSA) is 64.6 Å². The number of carbonyl (C=O) groups excluding carboxylic acids is 2. The van der Waals surface area contributed by atoms with E-state index in [9.17, 15) is 9.59 Å². The smallest absolute Gasteiger partial charge is 0.407 e. The Hall–Kier alpha value is -1.26. The number of alkyl carbamates (subject to hydrolysis) is 1. The van der Waals surface area contributed by atoms with E-state index in [0.29, 0.717) is 26.2 Å². The van der Waals surface area contributed by atoms with Crippen LogP contribution in [0.4, 0.5) is 4.79 Å². The van der Waals surface area contributed by atoms with Gasteiger partial charge in [0.1, 0.15) is 0 Å². The number of rotatable bonds is 9. The Labute approximate surface area is 103 Å². The normalized spacial score (nSPS) is 9.76. The summed E-state index contributed by atoms with van der Waals surface area (Å²) in [7, 11) is 0. The number of ether oxygens (including phenoxy) is 2. The van der Waals surface area contributed by atoms with Crippen molar-refractivity contribution in [3.8, 4) is 0 Å². The highest BCUT2D eigenvalue weighted by molar-refractivity contribution is 5.69. The maximum Gasteiger partial charge on any atom is 0.407 e.